The van der Waals surface area contributed by atoms with Crippen LogP contribution in [0.1, 0.15) is 48.3 Å². The van der Waals surface area contributed by atoms with Crippen LogP contribution >= 0.6 is 0 Å². The molecule has 3 rings (SSSR count). The van der Waals surface area contributed by atoms with Crippen molar-refractivity contribution in [2.75, 3.05) is 13.1 Å². The SMILES string of the molecule is CCC(C)(NC(=O)c1ccccc1)c1noc([C@@H]2CNC[C@H]2C(F)F)n1. The molecule has 140 valence electrons. The number of hydrogen-bond acceptors (Lipinski definition) is 5. The summed E-state index contributed by atoms with van der Waals surface area (Å²) in [6.07, 6.45) is -1.94. The number of nitrogens with zero attached hydrogens (tertiary/aromatic N) is 2. The lowest BCUT2D eigenvalue weighted by atomic mass is 9.95. The van der Waals surface area contributed by atoms with Crippen LogP contribution < -0.4 is 10.6 Å². The van der Waals surface area contributed by atoms with Gasteiger partial charge < -0.3 is 15.2 Å². The zero-order chi connectivity index (χ0) is 18.7. The minimum Gasteiger partial charge on any atom is -0.339 e. The van der Waals surface area contributed by atoms with Gasteiger partial charge in [-0.2, -0.15) is 4.98 Å². The largest absolute Gasteiger partial charge is 0.339 e. The monoisotopic (exact) mass is 364 g/mol. The Kier molecular flexibility index (Phi) is 5.31. The molecule has 0 radical (unpaired) electrons. The van der Waals surface area contributed by atoms with Crippen LogP contribution in [0.2, 0.25) is 0 Å². The molecular weight excluding hydrogens is 342 g/mol. The molecule has 1 unspecified atom stereocenters. The normalized spacial score (nSPS) is 22.3. The third-order valence-electron chi connectivity index (χ3n) is 4.97. The first kappa shape index (κ1) is 18.4. The maximum atomic E-state index is 13.2. The second-order valence-electron chi connectivity index (χ2n) is 6.73. The van der Waals surface area contributed by atoms with Gasteiger partial charge in [-0.1, -0.05) is 30.3 Å². The molecule has 3 atom stereocenters. The highest BCUT2D eigenvalue weighted by atomic mass is 19.3. The first-order valence-corrected chi connectivity index (χ1v) is 8.65. The summed E-state index contributed by atoms with van der Waals surface area (Å²) in [7, 11) is 0. The standard InChI is InChI=1S/C18H22F2N4O2/c1-3-18(2,23-15(25)11-7-5-4-6-8-11)17-22-16(26-24-17)13-10-21-9-12(13)14(19)20/h4-8,12-14,21H,3,9-10H2,1-2H3,(H,23,25)/t12-,13-,18?/m1/s1. The summed E-state index contributed by atoms with van der Waals surface area (Å²) in [5.41, 5.74) is -0.338. The molecule has 2 aromatic rings. The van der Waals surface area contributed by atoms with E-state index in [0.717, 1.165) is 0 Å². The number of amides is 1. The maximum Gasteiger partial charge on any atom is 0.252 e. The van der Waals surface area contributed by atoms with Gasteiger partial charge in [0.1, 0.15) is 5.54 Å². The second-order valence-corrected chi connectivity index (χ2v) is 6.73. The van der Waals surface area contributed by atoms with E-state index in [2.05, 4.69) is 20.8 Å². The van der Waals surface area contributed by atoms with Gasteiger partial charge in [0.25, 0.3) is 5.91 Å². The molecule has 1 saturated heterocycles. The zero-order valence-electron chi connectivity index (χ0n) is 14.7. The summed E-state index contributed by atoms with van der Waals surface area (Å²) < 4.78 is 31.6. The summed E-state index contributed by atoms with van der Waals surface area (Å²) >= 11 is 0. The van der Waals surface area contributed by atoms with Crippen molar-refractivity contribution in [1.29, 1.82) is 0 Å². The van der Waals surface area contributed by atoms with Crippen molar-refractivity contribution in [2.24, 2.45) is 5.92 Å². The predicted octanol–water partition coefficient (Wildman–Crippen LogP) is 2.69. The van der Waals surface area contributed by atoms with E-state index in [4.69, 9.17) is 4.52 Å². The Morgan fingerprint density at radius 2 is 2.12 bits per heavy atom. The Morgan fingerprint density at radius 1 is 1.38 bits per heavy atom. The molecule has 1 aromatic carbocycles. The number of alkyl halides is 2. The molecule has 8 heteroatoms. The summed E-state index contributed by atoms with van der Waals surface area (Å²) in [5, 5.41) is 9.84. The molecule has 0 aliphatic carbocycles. The number of aromatic nitrogens is 2. The first-order chi connectivity index (χ1) is 12.4. The average molecular weight is 364 g/mol. The Balaban J connectivity index is 1.80. The number of carbonyl (C=O) groups is 1. The molecule has 2 N–H and O–H groups in total. The molecule has 26 heavy (non-hydrogen) atoms. The van der Waals surface area contributed by atoms with Crippen LogP contribution in [0.5, 0.6) is 0 Å². The number of halogens is 2. The molecular formula is C18H22F2N4O2. The highest BCUT2D eigenvalue weighted by Gasteiger charge is 2.40. The van der Waals surface area contributed by atoms with E-state index < -0.39 is 23.8 Å². The Morgan fingerprint density at radius 3 is 2.77 bits per heavy atom. The molecule has 1 aliphatic rings. The topological polar surface area (TPSA) is 80.0 Å². The lowest BCUT2D eigenvalue weighted by Gasteiger charge is -2.26. The van der Waals surface area contributed by atoms with Gasteiger partial charge in [0, 0.05) is 24.6 Å². The fraction of sp³-hybridized carbons (Fsp3) is 0.500. The number of benzene rings is 1. The van der Waals surface area contributed by atoms with E-state index in [1.165, 1.54) is 0 Å². The van der Waals surface area contributed by atoms with Gasteiger partial charge in [-0.05, 0) is 25.5 Å². The lowest BCUT2D eigenvalue weighted by Crippen LogP contribution is -2.44. The van der Waals surface area contributed by atoms with Crippen molar-refractivity contribution in [3.05, 3.63) is 47.6 Å². The van der Waals surface area contributed by atoms with Crippen LogP contribution in [0, 0.1) is 5.92 Å². The van der Waals surface area contributed by atoms with Crippen LogP contribution in [0.3, 0.4) is 0 Å². The zero-order valence-corrected chi connectivity index (χ0v) is 14.7. The number of carbonyl (C=O) groups excluding carboxylic acids is 1. The van der Waals surface area contributed by atoms with E-state index in [9.17, 15) is 13.6 Å². The minimum absolute atomic E-state index is 0.184. The number of rotatable bonds is 6. The number of hydrogen-bond donors (Lipinski definition) is 2. The molecule has 2 heterocycles. The Hall–Kier alpha value is -2.35. The highest BCUT2D eigenvalue weighted by Crippen LogP contribution is 2.33. The van der Waals surface area contributed by atoms with E-state index in [0.29, 0.717) is 24.4 Å². The van der Waals surface area contributed by atoms with Gasteiger partial charge >= 0.3 is 0 Å². The van der Waals surface area contributed by atoms with E-state index in [-0.39, 0.29) is 18.3 Å². The smallest absolute Gasteiger partial charge is 0.252 e. The molecule has 0 bridgehead atoms. The molecule has 0 saturated carbocycles. The maximum absolute atomic E-state index is 13.2. The van der Waals surface area contributed by atoms with Crippen LogP contribution in [-0.2, 0) is 5.54 Å². The molecule has 1 aliphatic heterocycles. The van der Waals surface area contributed by atoms with Crippen LogP contribution in [-0.4, -0.2) is 35.6 Å². The van der Waals surface area contributed by atoms with Crippen molar-refractivity contribution >= 4 is 5.91 Å². The minimum atomic E-state index is -2.46. The molecule has 0 spiro atoms. The Bertz CT molecular complexity index is 753. The van der Waals surface area contributed by atoms with Crippen molar-refractivity contribution in [2.45, 2.75) is 38.2 Å². The van der Waals surface area contributed by atoms with Gasteiger partial charge in [0.2, 0.25) is 12.3 Å². The third-order valence-corrected chi connectivity index (χ3v) is 4.97. The summed E-state index contributed by atoms with van der Waals surface area (Å²) in [4.78, 5) is 16.8. The molecule has 1 fully saturated rings. The van der Waals surface area contributed by atoms with E-state index >= 15 is 0 Å². The molecule has 1 aromatic heterocycles. The fourth-order valence-electron chi connectivity index (χ4n) is 3.06. The van der Waals surface area contributed by atoms with Gasteiger partial charge in [0.15, 0.2) is 5.82 Å². The lowest BCUT2D eigenvalue weighted by molar-refractivity contribution is 0.0732. The average Bonchev–Trinajstić information content (AvgIpc) is 3.31. The van der Waals surface area contributed by atoms with Crippen molar-refractivity contribution in [1.82, 2.24) is 20.8 Å². The molecule has 6 nitrogen and oxygen atoms in total. The second kappa shape index (κ2) is 7.49. The van der Waals surface area contributed by atoms with Crippen LogP contribution in [0.25, 0.3) is 0 Å². The van der Waals surface area contributed by atoms with E-state index in [1.54, 1.807) is 31.2 Å². The first-order valence-electron chi connectivity index (χ1n) is 8.65. The van der Waals surface area contributed by atoms with E-state index in [1.807, 2.05) is 13.0 Å². The van der Waals surface area contributed by atoms with Crippen LogP contribution in [0.4, 0.5) is 8.78 Å². The summed E-state index contributed by atoms with van der Waals surface area (Å²) in [6.45, 7) is 4.27. The van der Waals surface area contributed by atoms with Crippen molar-refractivity contribution < 1.29 is 18.1 Å². The van der Waals surface area contributed by atoms with Gasteiger partial charge in [-0.3, -0.25) is 4.79 Å². The quantitative estimate of drug-likeness (QED) is 0.824. The molecule has 1 amide bonds. The van der Waals surface area contributed by atoms with Crippen LogP contribution in [0.15, 0.2) is 34.9 Å². The fourth-order valence-corrected chi connectivity index (χ4v) is 3.06. The van der Waals surface area contributed by atoms with Crippen molar-refractivity contribution in [3.63, 3.8) is 0 Å². The Labute approximate surface area is 150 Å². The highest BCUT2D eigenvalue weighted by molar-refractivity contribution is 5.94. The van der Waals surface area contributed by atoms with Crippen molar-refractivity contribution in [3.8, 4) is 0 Å². The predicted molar refractivity (Wildman–Crippen MR) is 91.0 cm³/mol. The summed E-state index contributed by atoms with van der Waals surface area (Å²) in [5.74, 6) is -1.16. The third kappa shape index (κ3) is 3.60. The van der Waals surface area contributed by atoms with Gasteiger partial charge in [-0.25, -0.2) is 8.78 Å². The van der Waals surface area contributed by atoms with Gasteiger partial charge in [-0.15, -0.1) is 0 Å². The van der Waals surface area contributed by atoms with Gasteiger partial charge in [0.05, 0.1) is 5.92 Å². The summed E-state index contributed by atoms with van der Waals surface area (Å²) in [6, 6.07) is 8.82. The number of nitrogens with one attached hydrogen (secondary N) is 2.